The van der Waals surface area contributed by atoms with Gasteiger partial charge in [0.1, 0.15) is 0 Å². The normalized spacial score (nSPS) is 19.0. The maximum Gasteiger partial charge on any atom is 0.0946 e. The Morgan fingerprint density at radius 3 is 2.90 bits per heavy atom. The van der Waals surface area contributed by atoms with Crippen molar-refractivity contribution in [1.82, 2.24) is 0 Å². The Morgan fingerprint density at radius 1 is 1.24 bits per heavy atom. The number of nitrogens with two attached hydrogens (primary N) is 1. The van der Waals surface area contributed by atoms with Crippen molar-refractivity contribution < 1.29 is 8.95 Å². The van der Waals surface area contributed by atoms with E-state index in [4.69, 9.17) is 10.5 Å². The molecule has 110 valence electrons. The Bertz CT molecular complexity index is 684. The molecule has 0 amide bonds. The van der Waals surface area contributed by atoms with Crippen LogP contribution in [-0.4, -0.2) is 16.6 Å². The minimum atomic E-state index is -1.12. The Hall–Kier alpha value is -1.65. The molecule has 1 aliphatic rings. The van der Waals surface area contributed by atoms with Gasteiger partial charge in [0.2, 0.25) is 0 Å². The molecule has 2 unspecified atom stereocenters. The van der Waals surface area contributed by atoms with Crippen LogP contribution in [-0.2, 0) is 22.0 Å². The molecule has 0 aromatic heterocycles. The Kier molecular flexibility index (Phi) is 4.08. The van der Waals surface area contributed by atoms with Crippen molar-refractivity contribution in [3.05, 3.63) is 59.2 Å². The minimum absolute atomic E-state index is 0.100. The zero-order valence-corrected chi connectivity index (χ0v) is 12.9. The monoisotopic (exact) mass is 301 g/mol. The van der Waals surface area contributed by atoms with Gasteiger partial charge in [0, 0.05) is 10.6 Å². The molecule has 4 heteroatoms. The molecule has 1 aliphatic heterocycles. The highest BCUT2D eigenvalue weighted by atomic mass is 32.2. The molecule has 3 nitrogen and oxygen atoms in total. The SMILES string of the molecule is Cc1c(N)cccc1S(=O)CC1OCCc2ccccc21. The highest BCUT2D eigenvalue weighted by Gasteiger charge is 2.23. The molecular weight excluding hydrogens is 282 g/mol. The summed E-state index contributed by atoms with van der Waals surface area (Å²) < 4.78 is 18.5. The lowest BCUT2D eigenvalue weighted by molar-refractivity contribution is 0.0582. The number of ether oxygens (including phenoxy) is 1. The molecule has 0 fully saturated rings. The first-order chi connectivity index (χ1) is 10.2. The van der Waals surface area contributed by atoms with E-state index in [9.17, 15) is 4.21 Å². The lowest BCUT2D eigenvalue weighted by Gasteiger charge is -2.26. The molecule has 2 aromatic rings. The van der Waals surface area contributed by atoms with Gasteiger partial charge in [-0.25, -0.2) is 0 Å². The third-order valence-electron chi connectivity index (χ3n) is 3.97. The van der Waals surface area contributed by atoms with E-state index in [1.807, 2.05) is 37.3 Å². The van der Waals surface area contributed by atoms with Gasteiger partial charge in [0.15, 0.2) is 0 Å². The van der Waals surface area contributed by atoms with Crippen molar-refractivity contribution in [2.45, 2.75) is 24.3 Å². The summed E-state index contributed by atoms with van der Waals surface area (Å²) in [4.78, 5) is 0.807. The van der Waals surface area contributed by atoms with Gasteiger partial charge in [-0.1, -0.05) is 30.3 Å². The van der Waals surface area contributed by atoms with Gasteiger partial charge in [0.05, 0.1) is 29.3 Å². The van der Waals surface area contributed by atoms with Crippen molar-refractivity contribution >= 4 is 16.5 Å². The molecule has 2 atom stereocenters. The van der Waals surface area contributed by atoms with Crippen molar-refractivity contribution in [3.8, 4) is 0 Å². The zero-order valence-electron chi connectivity index (χ0n) is 12.0. The predicted octanol–water partition coefficient (Wildman–Crippen LogP) is 3.00. The van der Waals surface area contributed by atoms with Crippen LogP contribution in [0.1, 0.15) is 22.8 Å². The van der Waals surface area contributed by atoms with Crippen LogP contribution in [0, 0.1) is 6.92 Å². The number of hydrogen-bond acceptors (Lipinski definition) is 3. The van der Waals surface area contributed by atoms with Crippen LogP contribution >= 0.6 is 0 Å². The van der Waals surface area contributed by atoms with Gasteiger partial charge in [0.25, 0.3) is 0 Å². The van der Waals surface area contributed by atoms with Crippen molar-refractivity contribution in [1.29, 1.82) is 0 Å². The van der Waals surface area contributed by atoms with Crippen LogP contribution < -0.4 is 5.73 Å². The van der Waals surface area contributed by atoms with Gasteiger partial charge in [-0.2, -0.15) is 0 Å². The molecule has 1 heterocycles. The quantitative estimate of drug-likeness (QED) is 0.887. The predicted molar refractivity (Wildman–Crippen MR) is 85.7 cm³/mol. The second kappa shape index (κ2) is 6.00. The Balaban J connectivity index is 1.85. The van der Waals surface area contributed by atoms with Gasteiger partial charge in [-0.05, 0) is 42.2 Å². The summed E-state index contributed by atoms with van der Waals surface area (Å²) in [5.41, 5.74) is 9.96. The number of fused-ring (bicyclic) bond motifs is 1. The van der Waals surface area contributed by atoms with Gasteiger partial charge in [-0.15, -0.1) is 0 Å². The Labute approximate surface area is 127 Å². The lowest BCUT2D eigenvalue weighted by Crippen LogP contribution is -2.21. The van der Waals surface area contributed by atoms with E-state index in [0.717, 1.165) is 16.9 Å². The number of hydrogen-bond donors (Lipinski definition) is 1. The molecule has 0 spiro atoms. The van der Waals surface area contributed by atoms with Crippen molar-refractivity contribution in [2.75, 3.05) is 18.1 Å². The Morgan fingerprint density at radius 2 is 2.05 bits per heavy atom. The van der Waals surface area contributed by atoms with E-state index in [2.05, 4.69) is 12.1 Å². The minimum Gasteiger partial charge on any atom is -0.398 e. The average Bonchev–Trinajstić information content (AvgIpc) is 2.50. The summed E-state index contributed by atoms with van der Waals surface area (Å²) >= 11 is 0. The lowest BCUT2D eigenvalue weighted by atomic mass is 9.99. The summed E-state index contributed by atoms with van der Waals surface area (Å²) in [6, 6.07) is 13.8. The number of benzene rings is 2. The number of anilines is 1. The topological polar surface area (TPSA) is 52.3 Å². The second-order valence-corrected chi connectivity index (χ2v) is 6.76. The highest BCUT2D eigenvalue weighted by molar-refractivity contribution is 7.85. The maximum atomic E-state index is 12.7. The van der Waals surface area contributed by atoms with E-state index in [1.165, 1.54) is 11.1 Å². The van der Waals surface area contributed by atoms with E-state index in [1.54, 1.807) is 0 Å². The van der Waals surface area contributed by atoms with Crippen LogP contribution in [0.3, 0.4) is 0 Å². The number of nitrogen functional groups attached to an aromatic ring is 1. The third-order valence-corrected chi connectivity index (χ3v) is 5.50. The van der Waals surface area contributed by atoms with Crippen molar-refractivity contribution in [2.24, 2.45) is 0 Å². The molecular formula is C17H19NO2S. The fraction of sp³-hybridized carbons (Fsp3) is 0.294. The summed E-state index contributed by atoms with van der Waals surface area (Å²) in [5.74, 6) is 0.474. The van der Waals surface area contributed by atoms with Crippen LogP contribution in [0.15, 0.2) is 47.4 Å². The third kappa shape index (κ3) is 2.87. The average molecular weight is 301 g/mol. The highest BCUT2D eigenvalue weighted by Crippen LogP contribution is 2.29. The van der Waals surface area contributed by atoms with E-state index in [-0.39, 0.29) is 6.10 Å². The summed E-state index contributed by atoms with van der Waals surface area (Å²) in [6.07, 6.45) is 0.827. The first kappa shape index (κ1) is 14.3. The van der Waals surface area contributed by atoms with Gasteiger partial charge < -0.3 is 10.5 Å². The maximum absolute atomic E-state index is 12.7. The van der Waals surface area contributed by atoms with E-state index >= 15 is 0 Å². The fourth-order valence-electron chi connectivity index (χ4n) is 2.72. The molecule has 0 radical (unpaired) electrons. The molecule has 21 heavy (non-hydrogen) atoms. The van der Waals surface area contributed by atoms with Crippen molar-refractivity contribution in [3.63, 3.8) is 0 Å². The zero-order chi connectivity index (χ0) is 14.8. The molecule has 0 saturated heterocycles. The second-order valence-electron chi connectivity index (χ2n) is 5.29. The molecule has 0 aliphatic carbocycles. The van der Waals surface area contributed by atoms with Crippen LogP contribution in [0.5, 0.6) is 0 Å². The first-order valence-corrected chi connectivity index (χ1v) is 8.41. The molecule has 2 N–H and O–H groups in total. The summed E-state index contributed by atoms with van der Waals surface area (Å²) in [7, 11) is -1.12. The fourth-order valence-corrected chi connectivity index (χ4v) is 4.14. The smallest absolute Gasteiger partial charge is 0.0946 e. The van der Waals surface area contributed by atoms with E-state index < -0.39 is 10.8 Å². The standard InChI is InChI=1S/C17H19NO2S/c1-12-15(18)7-4-8-17(12)21(19)11-16-14-6-3-2-5-13(14)9-10-20-16/h2-8,16H,9-11,18H2,1H3. The summed E-state index contributed by atoms with van der Waals surface area (Å²) in [6.45, 7) is 2.60. The molecule has 0 bridgehead atoms. The van der Waals surface area contributed by atoms with Crippen LogP contribution in [0.4, 0.5) is 5.69 Å². The van der Waals surface area contributed by atoms with Gasteiger partial charge >= 0.3 is 0 Å². The largest absolute Gasteiger partial charge is 0.398 e. The van der Waals surface area contributed by atoms with E-state index in [0.29, 0.717) is 18.0 Å². The first-order valence-electron chi connectivity index (χ1n) is 7.09. The number of rotatable bonds is 3. The van der Waals surface area contributed by atoms with Crippen LogP contribution in [0.25, 0.3) is 0 Å². The molecule has 0 saturated carbocycles. The molecule has 3 rings (SSSR count). The summed E-state index contributed by atoms with van der Waals surface area (Å²) in [5, 5.41) is 0. The van der Waals surface area contributed by atoms with Crippen LogP contribution in [0.2, 0.25) is 0 Å². The van der Waals surface area contributed by atoms with Gasteiger partial charge in [-0.3, -0.25) is 4.21 Å². The molecule has 2 aromatic carbocycles.